The van der Waals surface area contributed by atoms with Crippen molar-refractivity contribution in [2.24, 2.45) is 5.73 Å². The van der Waals surface area contributed by atoms with Gasteiger partial charge in [0.05, 0.1) is 17.6 Å². The minimum Gasteiger partial charge on any atom is -0.389 e. The summed E-state index contributed by atoms with van der Waals surface area (Å²) in [5, 5.41) is 0. The van der Waals surface area contributed by atoms with Crippen LogP contribution in [-0.4, -0.2) is 46.9 Å². The minimum absolute atomic E-state index is 0.128. The first-order valence-corrected chi connectivity index (χ1v) is 8.12. The topological polar surface area (TPSA) is 90.7 Å². The summed E-state index contributed by atoms with van der Waals surface area (Å²) in [5.41, 5.74) is 6.94. The normalized spacial score (nSPS) is 13.1. The highest BCUT2D eigenvalue weighted by atomic mass is 32.2. The van der Waals surface area contributed by atoms with Crippen LogP contribution >= 0.6 is 12.2 Å². The minimum atomic E-state index is -3.62. The van der Waals surface area contributed by atoms with Crippen LogP contribution in [0.5, 0.6) is 0 Å². The van der Waals surface area contributed by atoms with Crippen molar-refractivity contribution in [2.75, 3.05) is 27.4 Å². The van der Waals surface area contributed by atoms with Crippen molar-refractivity contribution >= 4 is 27.2 Å². The molecule has 1 atom stereocenters. The van der Waals surface area contributed by atoms with Crippen LogP contribution in [0.3, 0.4) is 0 Å². The molecule has 0 amide bonds. The predicted octanol–water partition coefficient (Wildman–Crippen LogP) is 0.569. The molecule has 8 heteroatoms. The van der Waals surface area contributed by atoms with Gasteiger partial charge >= 0.3 is 0 Å². The van der Waals surface area contributed by atoms with Crippen LogP contribution in [0.2, 0.25) is 0 Å². The zero-order valence-corrected chi connectivity index (χ0v) is 13.9. The van der Waals surface area contributed by atoms with Gasteiger partial charge in [-0.2, -0.15) is 0 Å². The van der Waals surface area contributed by atoms with Gasteiger partial charge in [0.15, 0.2) is 0 Å². The number of nitrogens with one attached hydrogen (secondary N) is 1. The fraction of sp³-hybridized carbons (Fsp3) is 0.462. The molecule has 21 heavy (non-hydrogen) atoms. The molecule has 0 aromatic heterocycles. The monoisotopic (exact) mass is 332 g/mol. The zero-order chi connectivity index (χ0) is 16.0. The van der Waals surface area contributed by atoms with Gasteiger partial charge in [0, 0.05) is 26.3 Å². The maximum atomic E-state index is 12.2. The summed E-state index contributed by atoms with van der Waals surface area (Å²) in [6.07, 6.45) is -0.346. The van der Waals surface area contributed by atoms with Crippen molar-refractivity contribution in [3.63, 3.8) is 0 Å². The van der Waals surface area contributed by atoms with Gasteiger partial charge in [-0.1, -0.05) is 18.3 Å². The fourth-order valence-electron chi connectivity index (χ4n) is 1.76. The van der Waals surface area contributed by atoms with Crippen molar-refractivity contribution in [2.45, 2.75) is 17.9 Å². The summed E-state index contributed by atoms with van der Waals surface area (Å²) in [5.74, 6) is 0. The second-order valence-corrected chi connectivity index (χ2v) is 6.71. The first-order chi connectivity index (χ1) is 9.81. The standard InChI is InChI=1S/C13H20N2O4S2/c1-9-6-11(4-5-12(9)13(14)20)21(16,17)15-7-10(19-3)8-18-2/h4-6,10,15H,7-8H2,1-3H3,(H2,14,20). The highest BCUT2D eigenvalue weighted by Crippen LogP contribution is 2.15. The summed E-state index contributed by atoms with van der Waals surface area (Å²) in [6, 6.07) is 4.62. The van der Waals surface area contributed by atoms with Crippen molar-refractivity contribution in [3.8, 4) is 0 Å². The number of aryl methyl sites for hydroxylation is 1. The zero-order valence-electron chi connectivity index (χ0n) is 12.3. The molecule has 3 N–H and O–H groups in total. The Morgan fingerprint density at radius 1 is 1.43 bits per heavy atom. The SMILES string of the molecule is COCC(CNS(=O)(=O)c1ccc(C(N)=S)c(C)c1)OC. The fourth-order valence-corrected chi connectivity index (χ4v) is 3.14. The van der Waals surface area contributed by atoms with Gasteiger partial charge in [-0.3, -0.25) is 0 Å². The number of sulfonamides is 1. The third-order valence-electron chi connectivity index (χ3n) is 2.96. The van der Waals surface area contributed by atoms with E-state index in [4.69, 9.17) is 27.4 Å². The Bertz CT molecular complexity index is 602. The van der Waals surface area contributed by atoms with Crippen molar-refractivity contribution in [1.29, 1.82) is 0 Å². The molecule has 0 saturated carbocycles. The third-order valence-corrected chi connectivity index (χ3v) is 4.60. The van der Waals surface area contributed by atoms with E-state index in [1.165, 1.54) is 26.4 Å². The Hall–Kier alpha value is -1.06. The summed E-state index contributed by atoms with van der Waals surface area (Å²) in [7, 11) is -0.593. The molecule has 6 nitrogen and oxygen atoms in total. The van der Waals surface area contributed by atoms with E-state index >= 15 is 0 Å². The second kappa shape index (κ2) is 7.81. The molecule has 0 radical (unpaired) electrons. The quantitative estimate of drug-likeness (QED) is 0.676. The van der Waals surface area contributed by atoms with Crippen molar-refractivity contribution < 1.29 is 17.9 Å². The van der Waals surface area contributed by atoms with Gasteiger partial charge < -0.3 is 15.2 Å². The van der Waals surface area contributed by atoms with E-state index in [1.807, 2.05) is 0 Å². The van der Waals surface area contributed by atoms with Gasteiger partial charge in [-0.25, -0.2) is 13.1 Å². The smallest absolute Gasteiger partial charge is 0.240 e. The van der Waals surface area contributed by atoms with E-state index in [0.29, 0.717) is 17.7 Å². The molecule has 1 unspecified atom stereocenters. The van der Waals surface area contributed by atoms with E-state index in [1.54, 1.807) is 13.0 Å². The number of methoxy groups -OCH3 is 2. The van der Waals surface area contributed by atoms with Crippen molar-refractivity contribution in [1.82, 2.24) is 4.72 Å². The van der Waals surface area contributed by atoms with Gasteiger partial charge in [0.1, 0.15) is 4.99 Å². The molecular formula is C13H20N2O4S2. The van der Waals surface area contributed by atoms with Gasteiger partial charge in [0.25, 0.3) is 0 Å². The molecule has 0 bridgehead atoms. The number of nitrogens with two attached hydrogens (primary N) is 1. The van der Waals surface area contributed by atoms with Gasteiger partial charge in [-0.05, 0) is 24.6 Å². The Balaban J connectivity index is 2.88. The molecule has 0 aliphatic carbocycles. The van der Waals surface area contributed by atoms with Gasteiger partial charge in [0.2, 0.25) is 10.0 Å². The average Bonchev–Trinajstić information content (AvgIpc) is 2.42. The predicted molar refractivity (Wildman–Crippen MR) is 84.9 cm³/mol. The third kappa shape index (κ3) is 5.01. The number of hydrogen-bond acceptors (Lipinski definition) is 5. The van der Waals surface area contributed by atoms with Crippen LogP contribution in [0.15, 0.2) is 23.1 Å². The molecule has 1 aromatic rings. The first-order valence-electron chi connectivity index (χ1n) is 6.23. The lowest BCUT2D eigenvalue weighted by molar-refractivity contribution is 0.0320. The lowest BCUT2D eigenvalue weighted by Gasteiger charge is -2.15. The number of thiocarbonyl (C=S) groups is 1. The average molecular weight is 332 g/mol. The number of rotatable bonds is 8. The lowest BCUT2D eigenvalue weighted by atomic mass is 10.1. The molecule has 118 valence electrons. The van der Waals surface area contributed by atoms with Crippen LogP contribution in [0.4, 0.5) is 0 Å². The van der Waals surface area contributed by atoms with Crippen LogP contribution < -0.4 is 10.5 Å². The van der Waals surface area contributed by atoms with E-state index in [9.17, 15) is 8.42 Å². The highest BCUT2D eigenvalue weighted by Gasteiger charge is 2.18. The highest BCUT2D eigenvalue weighted by molar-refractivity contribution is 7.89. The Labute approximate surface area is 130 Å². The maximum Gasteiger partial charge on any atom is 0.240 e. The summed E-state index contributed by atoms with van der Waals surface area (Å²) in [4.78, 5) is 0.399. The van der Waals surface area contributed by atoms with Crippen LogP contribution in [-0.2, 0) is 19.5 Å². The molecule has 1 rings (SSSR count). The lowest BCUT2D eigenvalue weighted by Crippen LogP contribution is -2.35. The van der Waals surface area contributed by atoms with E-state index < -0.39 is 10.0 Å². The summed E-state index contributed by atoms with van der Waals surface area (Å²) < 4.78 is 37.0. The summed E-state index contributed by atoms with van der Waals surface area (Å²) in [6.45, 7) is 2.19. The van der Waals surface area contributed by atoms with E-state index in [2.05, 4.69) is 4.72 Å². The molecule has 0 heterocycles. The molecule has 0 fully saturated rings. The largest absolute Gasteiger partial charge is 0.389 e. The van der Waals surface area contributed by atoms with Crippen molar-refractivity contribution in [3.05, 3.63) is 29.3 Å². The van der Waals surface area contributed by atoms with E-state index in [-0.39, 0.29) is 22.5 Å². The first kappa shape index (κ1) is 18.0. The molecule has 0 aliphatic rings. The second-order valence-electron chi connectivity index (χ2n) is 4.51. The van der Waals surface area contributed by atoms with Crippen LogP contribution in [0, 0.1) is 6.92 Å². The number of hydrogen-bond donors (Lipinski definition) is 2. The Kier molecular flexibility index (Phi) is 6.69. The molecule has 0 saturated heterocycles. The number of ether oxygens (including phenoxy) is 2. The molecule has 0 aliphatic heterocycles. The number of benzene rings is 1. The molecule has 0 spiro atoms. The Morgan fingerprint density at radius 3 is 2.57 bits per heavy atom. The van der Waals surface area contributed by atoms with E-state index in [0.717, 1.165) is 0 Å². The Morgan fingerprint density at radius 2 is 2.10 bits per heavy atom. The van der Waals surface area contributed by atoms with Crippen LogP contribution in [0.25, 0.3) is 0 Å². The molecular weight excluding hydrogens is 312 g/mol. The van der Waals surface area contributed by atoms with Crippen LogP contribution in [0.1, 0.15) is 11.1 Å². The van der Waals surface area contributed by atoms with Gasteiger partial charge in [-0.15, -0.1) is 0 Å². The summed E-state index contributed by atoms with van der Waals surface area (Å²) >= 11 is 4.90. The maximum absolute atomic E-state index is 12.2. The molecule has 1 aromatic carbocycles.